The summed E-state index contributed by atoms with van der Waals surface area (Å²) >= 11 is 1.60. The molecule has 1 aliphatic carbocycles. The summed E-state index contributed by atoms with van der Waals surface area (Å²) in [4.78, 5) is 21.3. The summed E-state index contributed by atoms with van der Waals surface area (Å²) in [5.74, 6) is -0.0757. The van der Waals surface area contributed by atoms with Crippen LogP contribution in [0.4, 0.5) is 13.2 Å². The number of fused-ring (bicyclic) bond motifs is 2. The van der Waals surface area contributed by atoms with Gasteiger partial charge in [0.25, 0.3) is 5.91 Å². The van der Waals surface area contributed by atoms with Crippen molar-refractivity contribution >= 4 is 22.9 Å². The van der Waals surface area contributed by atoms with Crippen molar-refractivity contribution in [2.45, 2.75) is 57.5 Å². The molecule has 0 bridgehead atoms. The Kier molecular flexibility index (Phi) is 5.03. The molecule has 2 aliphatic rings. The Hall–Kier alpha value is -2.42. The van der Waals surface area contributed by atoms with Crippen LogP contribution in [0.5, 0.6) is 0 Å². The topological polar surface area (TPSA) is 50.5 Å². The zero-order valence-corrected chi connectivity index (χ0v) is 18.0. The first-order chi connectivity index (χ1) is 14.8. The maximum absolute atomic E-state index is 13.5. The Bertz CT molecular complexity index is 1130. The van der Waals surface area contributed by atoms with Gasteiger partial charge in [-0.25, -0.2) is 9.50 Å². The number of piperidine rings is 1. The van der Waals surface area contributed by atoms with Crippen molar-refractivity contribution in [2.24, 2.45) is 0 Å². The molecule has 164 valence electrons. The molecule has 9 heteroatoms. The number of aryl methyl sites for hydroxylation is 3. The Morgan fingerprint density at radius 3 is 2.74 bits per heavy atom. The van der Waals surface area contributed by atoms with E-state index in [1.54, 1.807) is 24.3 Å². The van der Waals surface area contributed by atoms with Gasteiger partial charge in [-0.15, -0.1) is 11.3 Å². The molecule has 5 nitrogen and oxygen atoms in total. The lowest BCUT2D eigenvalue weighted by atomic mass is 9.94. The highest BCUT2D eigenvalue weighted by Crippen LogP contribution is 2.34. The number of nitrogens with zero attached hydrogens (tertiary/aromatic N) is 4. The zero-order chi connectivity index (χ0) is 21.8. The van der Waals surface area contributed by atoms with Gasteiger partial charge in [0, 0.05) is 35.6 Å². The number of rotatable bonds is 2. The van der Waals surface area contributed by atoms with Crippen molar-refractivity contribution in [3.8, 4) is 0 Å². The summed E-state index contributed by atoms with van der Waals surface area (Å²) in [5, 5.41) is 4.26. The summed E-state index contributed by atoms with van der Waals surface area (Å²) in [6.45, 7) is 2.67. The Morgan fingerprint density at radius 2 is 1.97 bits per heavy atom. The first-order valence-electron chi connectivity index (χ1n) is 10.6. The highest BCUT2D eigenvalue weighted by molar-refractivity contribution is 7.14. The molecular formula is C22H23F3N4OS. The second-order valence-corrected chi connectivity index (χ2v) is 9.61. The van der Waals surface area contributed by atoms with Gasteiger partial charge in [-0.3, -0.25) is 4.79 Å². The van der Waals surface area contributed by atoms with E-state index in [1.807, 2.05) is 11.0 Å². The molecule has 1 amide bonds. The summed E-state index contributed by atoms with van der Waals surface area (Å²) in [7, 11) is 0. The standard InChI is InChI=1S/C22H23F3N4OS/c1-13-9-19(22(23,24)25)29-20(26-13)11-16(27-29)15-6-4-8-28(12-15)21(30)18-10-14-5-2-3-7-17(14)31-18/h9-11,15H,2-8,12H2,1H3. The predicted molar refractivity (Wildman–Crippen MR) is 112 cm³/mol. The number of likely N-dealkylation sites (tertiary alicyclic amines) is 1. The number of hydrogen-bond donors (Lipinski definition) is 0. The minimum atomic E-state index is -4.51. The van der Waals surface area contributed by atoms with Crippen LogP contribution in [0.15, 0.2) is 18.2 Å². The maximum atomic E-state index is 13.5. The molecule has 3 aromatic heterocycles. The molecule has 3 aromatic rings. The molecule has 31 heavy (non-hydrogen) atoms. The van der Waals surface area contributed by atoms with E-state index in [0.29, 0.717) is 24.5 Å². The van der Waals surface area contributed by atoms with Gasteiger partial charge in [0.1, 0.15) is 5.69 Å². The number of amides is 1. The van der Waals surface area contributed by atoms with Crippen LogP contribution in [0.2, 0.25) is 0 Å². The van der Waals surface area contributed by atoms with Crippen LogP contribution in [0, 0.1) is 6.92 Å². The Morgan fingerprint density at radius 1 is 1.16 bits per heavy atom. The van der Waals surface area contributed by atoms with Gasteiger partial charge in [0.05, 0.1) is 10.6 Å². The summed E-state index contributed by atoms with van der Waals surface area (Å²) in [6.07, 6.45) is 1.51. The molecule has 1 saturated heterocycles. The number of hydrogen-bond acceptors (Lipinski definition) is 4. The smallest absolute Gasteiger partial charge is 0.337 e. The molecule has 0 aromatic carbocycles. The summed E-state index contributed by atoms with van der Waals surface area (Å²) < 4.78 is 41.3. The number of aromatic nitrogens is 3. The van der Waals surface area contributed by atoms with Crippen LogP contribution in [-0.4, -0.2) is 38.5 Å². The van der Waals surface area contributed by atoms with Gasteiger partial charge in [-0.2, -0.15) is 18.3 Å². The lowest BCUT2D eigenvalue weighted by Crippen LogP contribution is -2.38. The van der Waals surface area contributed by atoms with Gasteiger partial charge in [-0.05, 0) is 63.1 Å². The lowest BCUT2D eigenvalue weighted by Gasteiger charge is -2.31. The van der Waals surface area contributed by atoms with E-state index in [0.717, 1.165) is 41.1 Å². The third kappa shape index (κ3) is 3.84. The second-order valence-electron chi connectivity index (χ2n) is 8.48. The van der Waals surface area contributed by atoms with Crippen LogP contribution in [0.3, 0.4) is 0 Å². The van der Waals surface area contributed by atoms with Crippen molar-refractivity contribution < 1.29 is 18.0 Å². The number of alkyl halides is 3. The van der Waals surface area contributed by atoms with E-state index in [2.05, 4.69) is 10.1 Å². The van der Waals surface area contributed by atoms with E-state index in [1.165, 1.54) is 23.3 Å². The van der Waals surface area contributed by atoms with Crippen LogP contribution in [0.25, 0.3) is 5.65 Å². The average Bonchev–Trinajstić information content (AvgIpc) is 3.36. The largest absolute Gasteiger partial charge is 0.433 e. The predicted octanol–water partition coefficient (Wildman–Crippen LogP) is 5.02. The summed E-state index contributed by atoms with van der Waals surface area (Å²) in [6, 6.07) is 4.68. The van der Waals surface area contributed by atoms with Crippen LogP contribution in [-0.2, 0) is 19.0 Å². The molecule has 1 unspecified atom stereocenters. The average molecular weight is 449 g/mol. The van der Waals surface area contributed by atoms with E-state index in [-0.39, 0.29) is 17.5 Å². The first kappa shape index (κ1) is 20.5. The van der Waals surface area contributed by atoms with Crippen molar-refractivity contribution in [1.82, 2.24) is 19.5 Å². The fourth-order valence-electron chi connectivity index (χ4n) is 4.67. The van der Waals surface area contributed by atoms with Crippen molar-refractivity contribution in [3.63, 3.8) is 0 Å². The lowest BCUT2D eigenvalue weighted by molar-refractivity contribution is -0.142. The van der Waals surface area contributed by atoms with Crippen LogP contribution in [0.1, 0.15) is 68.8 Å². The van der Waals surface area contributed by atoms with Crippen molar-refractivity contribution in [1.29, 1.82) is 0 Å². The molecule has 0 N–H and O–H groups in total. The van der Waals surface area contributed by atoms with E-state index in [4.69, 9.17) is 0 Å². The summed E-state index contributed by atoms with van der Waals surface area (Å²) in [5.41, 5.74) is 1.53. The first-order valence-corrected chi connectivity index (χ1v) is 11.5. The maximum Gasteiger partial charge on any atom is 0.433 e. The highest BCUT2D eigenvalue weighted by Gasteiger charge is 2.36. The monoisotopic (exact) mass is 448 g/mol. The number of carbonyl (C=O) groups is 1. The van der Waals surface area contributed by atoms with Crippen molar-refractivity contribution in [3.05, 3.63) is 50.6 Å². The van der Waals surface area contributed by atoms with Gasteiger partial charge >= 0.3 is 6.18 Å². The van der Waals surface area contributed by atoms with Crippen LogP contribution >= 0.6 is 11.3 Å². The number of carbonyl (C=O) groups excluding carboxylic acids is 1. The number of halogens is 3. The zero-order valence-electron chi connectivity index (χ0n) is 17.2. The fourth-order valence-corrected chi connectivity index (χ4v) is 5.90. The Balaban J connectivity index is 1.41. The molecule has 1 atom stereocenters. The molecule has 4 heterocycles. The third-order valence-corrected chi connectivity index (χ3v) is 7.42. The highest BCUT2D eigenvalue weighted by atomic mass is 32.1. The second kappa shape index (κ2) is 7.62. The third-order valence-electron chi connectivity index (χ3n) is 6.20. The molecule has 0 spiro atoms. The van der Waals surface area contributed by atoms with E-state index < -0.39 is 11.9 Å². The van der Waals surface area contributed by atoms with Gasteiger partial charge in [0.15, 0.2) is 5.65 Å². The SMILES string of the molecule is Cc1cc(C(F)(F)F)n2nc(C3CCCN(C(=O)c4cc5c(s4)CCCC5)C3)cc2n1. The van der Waals surface area contributed by atoms with E-state index >= 15 is 0 Å². The van der Waals surface area contributed by atoms with Crippen molar-refractivity contribution in [2.75, 3.05) is 13.1 Å². The minimum Gasteiger partial charge on any atom is -0.337 e. The molecule has 0 radical (unpaired) electrons. The minimum absolute atomic E-state index is 0.0258. The van der Waals surface area contributed by atoms with Gasteiger partial charge in [0.2, 0.25) is 0 Å². The number of thiophene rings is 1. The molecule has 0 saturated carbocycles. The quantitative estimate of drug-likeness (QED) is 0.553. The molecule has 5 rings (SSSR count). The fraction of sp³-hybridized carbons (Fsp3) is 0.500. The molecule has 1 aliphatic heterocycles. The Labute approximate surface area is 181 Å². The normalized spacial score (nSPS) is 19.6. The van der Waals surface area contributed by atoms with Gasteiger partial charge < -0.3 is 4.90 Å². The van der Waals surface area contributed by atoms with E-state index in [9.17, 15) is 18.0 Å². The van der Waals surface area contributed by atoms with Crippen LogP contribution < -0.4 is 0 Å². The van der Waals surface area contributed by atoms with Gasteiger partial charge in [-0.1, -0.05) is 0 Å². The molecular weight excluding hydrogens is 425 g/mol. The molecule has 1 fully saturated rings.